The fourth-order valence-corrected chi connectivity index (χ4v) is 6.46. The van der Waals surface area contributed by atoms with Gasteiger partial charge >= 0.3 is 6.18 Å². The van der Waals surface area contributed by atoms with Crippen LogP contribution < -0.4 is 10.2 Å². The summed E-state index contributed by atoms with van der Waals surface area (Å²) >= 11 is 5.93. The number of alkyl halides is 3. The number of nitriles is 1. The Hall–Kier alpha value is -3.53. The number of aromatic nitrogens is 2. The monoisotopic (exact) mass is 578 g/mol. The van der Waals surface area contributed by atoms with E-state index in [0.29, 0.717) is 5.02 Å². The summed E-state index contributed by atoms with van der Waals surface area (Å²) in [7, 11) is -4.13. The molecule has 13 heteroatoms. The van der Waals surface area contributed by atoms with E-state index >= 15 is 0 Å². The van der Waals surface area contributed by atoms with E-state index in [0.717, 1.165) is 23.8 Å². The van der Waals surface area contributed by atoms with E-state index in [1.165, 1.54) is 17.2 Å². The molecule has 4 rings (SSSR count). The highest BCUT2D eigenvalue weighted by atomic mass is 35.5. The molecule has 3 atom stereocenters. The third kappa shape index (κ3) is 6.21. The summed E-state index contributed by atoms with van der Waals surface area (Å²) < 4.78 is 64.9. The highest BCUT2D eigenvalue weighted by Gasteiger charge is 2.50. The number of amides is 1. The lowest BCUT2D eigenvalue weighted by atomic mass is 10.0. The van der Waals surface area contributed by atoms with Gasteiger partial charge in [-0.3, -0.25) is 4.79 Å². The van der Waals surface area contributed by atoms with Crippen molar-refractivity contribution in [1.82, 2.24) is 15.3 Å². The lowest BCUT2D eigenvalue weighted by Crippen LogP contribution is -2.34. The van der Waals surface area contributed by atoms with Crippen molar-refractivity contribution in [3.63, 3.8) is 0 Å². The van der Waals surface area contributed by atoms with E-state index in [-0.39, 0.29) is 49.2 Å². The predicted octanol–water partition coefficient (Wildman–Crippen LogP) is 5.16. The van der Waals surface area contributed by atoms with E-state index in [1.807, 2.05) is 19.1 Å². The molecule has 2 aromatic carbocycles. The Bertz CT molecular complexity index is 1460. The first kappa shape index (κ1) is 28.5. The normalized spacial score (nSPS) is 17.8. The molecular formula is C26H24ClF3N5O3S+. The number of benzene rings is 2. The fourth-order valence-electron chi connectivity index (χ4n) is 4.39. The van der Waals surface area contributed by atoms with Gasteiger partial charge in [0.1, 0.15) is 23.0 Å². The van der Waals surface area contributed by atoms with Crippen molar-refractivity contribution >= 4 is 33.5 Å². The first-order valence-electron chi connectivity index (χ1n) is 11.9. The van der Waals surface area contributed by atoms with Gasteiger partial charge in [-0.1, -0.05) is 47.0 Å². The average molecular weight is 579 g/mol. The summed E-state index contributed by atoms with van der Waals surface area (Å²) in [4.78, 5) is 22.0. The van der Waals surface area contributed by atoms with Gasteiger partial charge in [0.2, 0.25) is 10.7 Å². The minimum Gasteiger partial charge on any atom is -0.351 e. The second-order valence-corrected chi connectivity index (χ2v) is 11.8. The van der Waals surface area contributed by atoms with Gasteiger partial charge in [-0.05, 0) is 35.7 Å². The Morgan fingerprint density at radius 3 is 2.64 bits per heavy atom. The number of anilines is 1. The molecule has 39 heavy (non-hydrogen) atoms. The lowest BCUT2D eigenvalue weighted by molar-refractivity contribution is -0.140. The molecule has 2 heterocycles. The molecule has 1 aliphatic heterocycles. The number of nitrogens with zero attached hydrogens (tertiary/aromatic N) is 4. The number of carbonyl (C=O) groups excluding carboxylic acids is 1. The molecule has 0 aliphatic carbocycles. The number of hydrogen-bond acceptors (Lipinski definition) is 6. The van der Waals surface area contributed by atoms with E-state index < -0.39 is 38.0 Å². The first-order valence-corrected chi connectivity index (χ1v) is 13.8. The van der Waals surface area contributed by atoms with Crippen LogP contribution in [0.1, 0.15) is 46.6 Å². The maximum absolute atomic E-state index is 13.5. The molecule has 8 nitrogen and oxygen atoms in total. The Kier molecular flexibility index (Phi) is 8.25. The van der Waals surface area contributed by atoms with Crippen LogP contribution in [0.5, 0.6) is 0 Å². The van der Waals surface area contributed by atoms with E-state index in [2.05, 4.69) is 15.3 Å². The number of rotatable bonds is 7. The van der Waals surface area contributed by atoms with E-state index in [1.54, 1.807) is 18.2 Å². The van der Waals surface area contributed by atoms with Crippen LogP contribution in [-0.2, 0) is 20.6 Å². The molecule has 1 aliphatic rings. The number of hydrogen-bond donors (Lipinski definition) is 2. The topological polar surface area (TPSA) is 119 Å². The zero-order chi connectivity index (χ0) is 28.4. The minimum absolute atomic E-state index is 0.0399. The fraction of sp³-hybridized carbons (Fsp3) is 0.308. The van der Waals surface area contributed by atoms with Crippen LogP contribution in [0.3, 0.4) is 0 Å². The number of carbonyl (C=O) groups is 1. The summed E-state index contributed by atoms with van der Waals surface area (Å²) in [6, 6.07) is 13.2. The van der Waals surface area contributed by atoms with Gasteiger partial charge in [0.05, 0.1) is 6.54 Å². The van der Waals surface area contributed by atoms with Gasteiger partial charge in [0.15, 0.2) is 5.25 Å². The summed E-state index contributed by atoms with van der Waals surface area (Å²) in [6.45, 7) is 2.17. The summed E-state index contributed by atoms with van der Waals surface area (Å²) in [5.41, 5.74) is -0.173. The third-order valence-electron chi connectivity index (χ3n) is 6.53. The maximum atomic E-state index is 13.5. The number of halogens is 4. The van der Waals surface area contributed by atoms with Crippen LogP contribution in [0, 0.1) is 11.3 Å². The third-order valence-corrected chi connectivity index (χ3v) is 9.05. The van der Waals surface area contributed by atoms with Crippen molar-refractivity contribution < 1.29 is 26.7 Å². The van der Waals surface area contributed by atoms with Crippen molar-refractivity contribution in [2.45, 2.75) is 35.6 Å². The van der Waals surface area contributed by atoms with Gasteiger partial charge in [-0.2, -0.15) is 23.0 Å². The van der Waals surface area contributed by atoms with Gasteiger partial charge in [-0.15, -0.1) is 0 Å². The van der Waals surface area contributed by atoms with Crippen LogP contribution in [-0.4, -0.2) is 45.3 Å². The Labute approximate surface area is 229 Å². The van der Waals surface area contributed by atoms with Gasteiger partial charge in [0.25, 0.3) is 16.1 Å². The molecule has 1 aromatic heterocycles. The standard InChI is InChI=1S/C26H23ClF3N5O3S/c1-16(17-6-8-18(27)9-7-17)13-33-25(36)20-14-32-23(12-31)34-24(20)35-11-10-19(15-35)39(37,38)22-5-3-2-4-21(22)26(28,29)30/h2-9,14,16,19H,10-11,13,15H2,1H3,(H-,33,36,37,38)/p+1/t16?,19-/m0/s1. The average Bonchev–Trinajstić information content (AvgIpc) is 3.42. The molecule has 0 radical (unpaired) electrons. The minimum atomic E-state index is -4.80. The molecule has 2 unspecified atom stereocenters. The largest absolute Gasteiger partial charge is 0.421 e. The molecule has 0 saturated carbocycles. The van der Waals surface area contributed by atoms with Gasteiger partial charge in [0, 0.05) is 30.7 Å². The van der Waals surface area contributed by atoms with Crippen molar-refractivity contribution in [1.29, 1.82) is 5.26 Å². The second-order valence-electron chi connectivity index (χ2n) is 9.12. The maximum Gasteiger partial charge on any atom is 0.421 e. The van der Waals surface area contributed by atoms with Crippen molar-refractivity contribution in [2.24, 2.45) is 0 Å². The molecule has 2 N–H and O–H groups in total. The van der Waals surface area contributed by atoms with Crippen molar-refractivity contribution in [3.8, 4) is 6.07 Å². The molecule has 0 bridgehead atoms. The number of nitrogens with one attached hydrogen (secondary N) is 1. The summed E-state index contributed by atoms with van der Waals surface area (Å²) in [5.74, 6) is -0.726. The van der Waals surface area contributed by atoms with Crippen molar-refractivity contribution in [2.75, 3.05) is 24.5 Å². The molecule has 204 valence electrons. The van der Waals surface area contributed by atoms with E-state index in [9.17, 15) is 32.0 Å². The first-order chi connectivity index (χ1) is 18.4. The molecule has 1 saturated heterocycles. The highest BCUT2D eigenvalue weighted by molar-refractivity contribution is 7.98. The van der Waals surface area contributed by atoms with Crippen LogP contribution in [0.25, 0.3) is 0 Å². The van der Waals surface area contributed by atoms with Crippen LogP contribution in [0.4, 0.5) is 19.0 Å². The molecule has 3 aromatic rings. The predicted molar refractivity (Wildman–Crippen MR) is 140 cm³/mol. The Morgan fingerprint density at radius 2 is 1.97 bits per heavy atom. The summed E-state index contributed by atoms with van der Waals surface area (Å²) in [6.07, 6.45) is -3.53. The second kappa shape index (κ2) is 11.3. The van der Waals surface area contributed by atoms with Gasteiger partial charge in [-0.25, -0.2) is 9.97 Å². The van der Waals surface area contributed by atoms with Gasteiger partial charge < -0.3 is 10.2 Å². The van der Waals surface area contributed by atoms with E-state index in [4.69, 9.17) is 11.6 Å². The van der Waals surface area contributed by atoms with Crippen LogP contribution in [0.15, 0.2) is 59.6 Å². The Morgan fingerprint density at radius 1 is 1.28 bits per heavy atom. The molecule has 1 amide bonds. The quantitative estimate of drug-likeness (QED) is 0.371. The summed E-state index contributed by atoms with van der Waals surface area (Å²) in [5, 5.41) is 11.6. The smallest absolute Gasteiger partial charge is 0.351 e. The molecule has 0 spiro atoms. The van der Waals surface area contributed by atoms with Crippen LogP contribution in [0.2, 0.25) is 5.02 Å². The highest BCUT2D eigenvalue weighted by Crippen LogP contribution is 2.39. The molecule has 1 fully saturated rings. The van der Waals surface area contributed by atoms with Crippen LogP contribution >= 0.6 is 11.6 Å². The van der Waals surface area contributed by atoms with Crippen molar-refractivity contribution in [3.05, 3.63) is 82.3 Å². The zero-order valence-electron chi connectivity index (χ0n) is 20.7. The zero-order valence-corrected chi connectivity index (χ0v) is 22.2. The molecular weight excluding hydrogens is 555 g/mol. The SMILES string of the molecule is CC(CNC(=O)c1cnc(C#N)nc1N1CC[C@H]([S+](=O)(O)c2ccccc2C(F)(F)F)C1)c1ccc(Cl)cc1. The lowest BCUT2D eigenvalue weighted by Gasteiger charge is -2.21. The Balaban J connectivity index is 1.55.